The molecule has 0 radical (unpaired) electrons. The molecule has 2 N–H and O–H groups in total. The fourth-order valence-electron chi connectivity index (χ4n) is 2.56. The van der Waals surface area contributed by atoms with Gasteiger partial charge in [0.05, 0.1) is 11.7 Å². The van der Waals surface area contributed by atoms with Crippen molar-refractivity contribution >= 4 is 5.69 Å². The number of aryl methyl sites for hydroxylation is 2. The monoisotopic (exact) mass is 254 g/mol. The highest BCUT2D eigenvalue weighted by Crippen LogP contribution is 2.29. The van der Waals surface area contributed by atoms with E-state index in [0.717, 1.165) is 29.8 Å². The zero-order valence-electron chi connectivity index (χ0n) is 11.0. The van der Waals surface area contributed by atoms with Crippen LogP contribution in [0.25, 0.3) is 0 Å². The second-order valence-electron chi connectivity index (χ2n) is 5.15. The van der Waals surface area contributed by atoms with Gasteiger partial charge in [0, 0.05) is 11.9 Å². The molecule has 3 heteroatoms. The van der Waals surface area contributed by atoms with Crippen LogP contribution in [-0.4, -0.2) is 16.1 Å². The van der Waals surface area contributed by atoms with E-state index >= 15 is 0 Å². The van der Waals surface area contributed by atoms with Crippen molar-refractivity contribution in [3.8, 4) is 0 Å². The van der Waals surface area contributed by atoms with Crippen LogP contribution in [0.2, 0.25) is 0 Å². The molecule has 19 heavy (non-hydrogen) atoms. The number of aliphatic hydroxyl groups is 1. The maximum atomic E-state index is 10.4. The average molecular weight is 254 g/mol. The average Bonchev–Trinajstić information content (AvgIpc) is 2.47. The summed E-state index contributed by atoms with van der Waals surface area (Å²) >= 11 is 0. The molecule has 0 bridgehead atoms. The molecule has 1 aromatic carbocycles. The van der Waals surface area contributed by atoms with Crippen LogP contribution in [0.4, 0.5) is 5.69 Å². The van der Waals surface area contributed by atoms with Crippen LogP contribution < -0.4 is 5.32 Å². The third-order valence-electron chi connectivity index (χ3n) is 3.70. The molecule has 2 aromatic rings. The van der Waals surface area contributed by atoms with Crippen molar-refractivity contribution in [1.29, 1.82) is 0 Å². The zero-order valence-corrected chi connectivity index (χ0v) is 11.0. The lowest BCUT2D eigenvalue weighted by atomic mass is 9.93. The van der Waals surface area contributed by atoms with Crippen molar-refractivity contribution in [2.45, 2.75) is 31.9 Å². The minimum absolute atomic E-state index is 0.0325. The second kappa shape index (κ2) is 5.02. The molecule has 0 amide bonds. The summed E-state index contributed by atoms with van der Waals surface area (Å²) < 4.78 is 0. The first kappa shape index (κ1) is 12.2. The Balaban J connectivity index is 1.79. The number of nitrogens with zero attached hydrogens (tertiary/aromatic N) is 1. The Kier molecular flexibility index (Phi) is 3.22. The molecule has 2 heterocycles. The van der Waals surface area contributed by atoms with Gasteiger partial charge in [-0.25, -0.2) is 0 Å². The molecule has 0 saturated carbocycles. The van der Waals surface area contributed by atoms with E-state index in [-0.39, 0.29) is 6.04 Å². The summed E-state index contributed by atoms with van der Waals surface area (Å²) in [5.41, 5.74) is 4.30. The maximum absolute atomic E-state index is 10.4. The van der Waals surface area contributed by atoms with Crippen LogP contribution in [0.5, 0.6) is 0 Å². The number of para-hydroxylation sites is 1. The summed E-state index contributed by atoms with van der Waals surface area (Å²) in [4.78, 5) is 4.32. The Bertz CT molecular complexity index is 565. The van der Waals surface area contributed by atoms with E-state index in [4.69, 9.17) is 0 Å². The molecule has 0 spiro atoms. The van der Waals surface area contributed by atoms with Crippen LogP contribution in [0, 0.1) is 6.92 Å². The molecular weight excluding hydrogens is 236 g/mol. The first-order valence-electron chi connectivity index (χ1n) is 6.69. The highest BCUT2D eigenvalue weighted by Gasteiger charge is 2.25. The maximum Gasteiger partial charge on any atom is 0.116 e. The summed E-state index contributed by atoms with van der Waals surface area (Å²) in [5, 5.41) is 13.9. The van der Waals surface area contributed by atoms with Crippen LogP contribution in [-0.2, 0) is 6.42 Å². The molecule has 0 fully saturated rings. The van der Waals surface area contributed by atoms with E-state index in [1.165, 1.54) is 5.56 Å². The van der Waals surface area contributed by atoms with Gasteiger partial charge >= 0.3 is 0 Å². The van der Waals surface area contributed by atoms with Gasteiger partial charge in [0.1, 0.15) is 6.10 Å². The van der Waals surface area contributed by atoms with Gasteiger partial charge < -0.3 is 10.4 Å². The molecule has 0 aliphatic carbocycles. The summed E-state index contributed by atoms with van der Waals surface area (Å²) in [7, 11) is 0. The lowest BCUT2D eigenvalue weighted by Gasteiger charge is -2.30. The summed E-state index contributed by atoms with van der Waals surface area (Å²) in [6.07, 6.45) is 3.16. The van der Waals surface area contributed by atoms with Crippen molar-refractivity contribution in [2.24, 2.45) is 0 Å². The third kappa shape index (κ3) is 2.47. The normalized spacial score (nSPS) is 19.4. The van der Waals surface area contributed by atoms with E-state index in [0.29, 0.717) is 0 Å². The second-order valence-corrected chi connectivity index (χ2v) is 5.15. The minimum atomic E-state index is -0.561. The summed E-state index contributed by atoms with van der Waals surface area (Å²) in [6, 6.07) is 12.2. The molecule has 3 nitrogen and oxygen atoms in total. The lowest BCUT2D eigenvalue weighted by Crippen LogP contribution is -2.32. The first-order chi connectivity index (χ1) is 9.24. The Morgan fingerprint density at radius 1 is 1.26 bits per heavy atom. The Morgan fingerprint density at radius 2 is 2.11 bits per heavy atom. The van der Waals surface area contributed by atoms with Crippen molar-refractivity contribution in [3.05, 3.63) is 59.4 Å². The highest BCUT2D eigenvalue weighted by atomic mass is 16.3. The number of benzene rings is 1. The third-order valence-corrected chi connectivity index (χ3v) is 3.70. The van der Waals surface area contributed by atoms with Crippen LogP contribution in [0.15, 0.2) is 42.6 Å². The van der Waals surface area contributed by atoms with Crippen molar-refractivity contribution < 1.29 is 5.11 Å². The van der Waals surface area contributed by atoms with Crippen molar-refractivity contribution in [1.82, 2.24) is 4.98 Å². The highest BCUT2D eigenvalue weighted by molar-refractivity contribution is 5.54. The van der Waals surface area contributed by atoms with Gasteiger partial charge in [-0.05, 0) is 43.0 Å². The Labute approximate surface area is 113 Å². The predicted molar refractivity (Wildman–Crippen MR) is 76.1 cm³/mol. The number of rotatable bonds is 2. The van der Waals surface area contributed by atoms with Crippen molar-refractivity contribution in [2.75, 3.05) is 5.32 Å². The van der Waals surface area contributed by atoms with Gasteiger partial charge in [-0.1, -0.05) is 24.3 Å². The predicted octanol–water partition coefficient (Wildman–Crippen LogP) is 2.85. The number of aromatic nitrogens is 1. The molecule has 2 unspecified atom stereocenters. The number of fused-ring (bicyclic) bond motifs is 1. The minimum Gasteiger partial charge on any atom is -0.385 e. The van der Waals surface area contributed by atoms with E-state index in [2.05, 4.69) is 28.5 Å². The smallest absolute Gasteiger partial charge is 0.116 e. The Hall–Kier alpha value is -1.87. The van der Waals surface area contributed by atoms with E-state index in [1.807, 2.05) is 25.1 Å². The molecule has 0 saturated heterocycles. The standard InChI is InChI=1S/C16H18N2O/c1-11-6-8-14(17-10-11)16(19)15-9-7-12-4-2-3-5-13(12)18-15/h2-6,8,10,15-16,18-19H,7,9H2,1H3. The first-order valence-corrected chi connectivity index (χ1v) is 6.69. The molecular formula is C16H18N2O. The van der Waals surface area contributed by atoms with Gasteiger partial charge in [-0.3, -0.25) is 4.98 Å². The summed E-state index contributed by atoms with van der Waals surface area (Å²) in [6.45, 7) is 2.00. The number of nitrogens with one attached hydrogen (secondary N) is 1. The Morgan fingerprint density at radius 3 is 2.89 bits per heavy atom. The van der Waals surface area contributed by atoms with E-state index in [1.54, 1.807) is 6.20 Å². The number of hydrogen-bond donors (Lipinski definition) is 2. The van der Waals surface area contributed by atoms with Crippen LogP contribution in [0.1, 0.15) is 29.3 Å². The number of anilines is 1. The zero-order chi connectivity index (χ0) is 13.2. The van der Waals surface area contributed by atoms with Gasteiger partial charge in [0.15, 0.2) is 0 Å². The lowest BCUT2D eigenvalue weighted by molar-refractivity contribution is 0.144. The molecule has 98 valence electrons. The molecule has 3 rings (SSSR count). The van der Waals surface area contributed by atoms with Crippen LogP contribution in [0.3, 0.4) is 0 Å². The van der Waals surface area contributed by atoms with Gasteiger partial charge in [0.2, 0.25) is 0 Å². The van der Waals surface area contributed by atoms with Crippen molar-refractivity contribution in [3.63, 3.8) is 0 Å². The summed E-state index contributed by atoms with van der Waals surface area (Å²) in [5.74, 6) is 0. The molecule has 2 atom stereocenters. The number of aliphatic hydroxyl groups excluding tert-OH is 1. The van der Waals surface area contributed by atoms with Crippen LogP contribution >= 0.6 is 0 Å². The number of pyridine rings is 1. The fourth-order valence-corrected chi connectivity index (χ4v) is 2.56. The molecule has 1 aliphatic rings. The van der Waals surface area contributed by atoms with E-state index in [9.17, 15) is 5.11 Å². The molecule has 1 aromatic heterocycles. The fraction of sp³-hybridized carbons (Fsp3) is 0.312. The quantitative estimate of drug-likeness (QED) is 0.866. The van der Waals surface area contributed by atoms with Gasteiger partial charge in [-0.15, -0.1) is 0 Å². The SMILES string of the molecule is Cc1ccc(C(O)C2CCc3ccccc3N2)nc1. The molecule has 1 aliphatic heterocycles. The van der Waals surface area contributed by atoms with Gasteiger partial charge in [0.25, 0.3) is 0 Å². The topological polar surface area (TPSA) is 45.1 Å². The van der Waals surface area contributed by atoms with E-state index < -0.39 is 6.10 Å². The largest absolute Gasteiger partial charge is 0.385 e. The van der Waals surface area contributed by atoms with Gasteiger partial charge in [-0.2, -0.15) is 0 Å². The number of hydrogen-bond acceptors (Lipinski definition) is 3.